The zero-order valence-corrected chi connectivity index (χ0v) is 9.24. The van der Waals surface area contributed by atoms with E-state index in [-0.39, 0.29) is 0 Å². The van der Waals surface area contributed by atoms with Crippen molar-refractivity contribution in [3.05, 3.63) is 35.4 Å². The average Bonchev–Trinajstić information content (AvgIpc) is 2.30. The van der Waals surface area contributed by atoms with Crippen LogP contribution in [0, 0.1) is 17.2 Å². The zero-order valence-electron chi connectivity index (χ0n) is 9.24. The molecule has 0 saturated heterocycles. The van der Waals surface area contributed by atoms with Gasteiger partial charge in [-0.2, -0.15) is 5.26 Å². The molecule has 0 atom stereocenters. The molecule has 0 N–H and O–H groups in total. The van der Waals surface area contributed by atoms with Crippen LogP contribution >= 0.6 is 0 Å². The Morgan fingerprint density at radius 1 is 1.07 bits per heavy atom. The summed E-state index contributed by atoms with van der Waals surface area (Å²) in [5.41, 5.74) is 2.18. The minimum absolute atomic E-state index is 0.731. The van der Waals surface area contributed by atoms with Crippen molar-refractivity contribution in [3.63, 3.8) is 0 Å². The van der Waals surface area contributed by atoms with Crippen LogP contribution in [0.3, 0.4) is 0 Å². The summed E-state index contributed by atoms with van der Waals surface area (Å²) in [4.78, 5) is 0. The molecule has 0 amide bonds. The Hall–Kier alpha value is -1.29. The van der Waals surface area contributed by atoms with Gasteiger partial charge in [0, 0.05) is 0 Å². The molecular formula is C14H17N. The lowest BCUT2D eigenvalue weighted by molar-refractivity contribution is 0.348. The summed E-state index contributed by atoms with van der Waals surface area (Å²) < 4.78 is 0. The average molecular weight is 199 g/mol. The summed E-state index contributed by atoms with van der Waals surface area (Å²) in [6, 6.07) is 10.3. The highest BCUT2D eigenvalue weighted by atomic mass is 14.3. The van der Waals surface area contributed by atoms with E-state index in [0.717, 1.165) is 17.4 Å². The Balaban J connectivity index is 2.07. The molecule has 1 fully saturated rings. The lowest BCUT2D eigenvalue weighted by Crippen LogP contribution is -2.10. The van der Waals surface area contributed by atoms with Crippen LogP contribution in [-0.4, -0.2) is 0 Å². The highest BCUT2D eigenvalue weighted by Crippen LogP contribution is 2.35. The fourth-order valence-electron chi connectivity index (χ4n) is 2.42. The maximum absolute atomic E-state index is 8.72. The van der Waals surface area contributed by atoms with Crippen LogP contribution in [0.25, 0.3) is 0 Å². The second-order valence-corrected chi connectivity index (χ2v) is 4.69. The molecule has 0 unspecified atom stereocenters. The first-order chi connectivity index (χ1) is 7.29. The lowest BCUT2D eigenvalue weighted by Gasteiger charge is -2.26. The molecule has 78 valence electrons. The van der Waals surface area contributed by atoms with Gasteiger partial charge in [0.1, 0.15) is 0 Å². The van der Waals surface area contributed by atoms with Crippen LogP contribution < -0.4 is 0 Å². The van der Waals surface area contributed by atoms with E-state index in [2.05, 4.69) is 25.1 Å². The van der Waals surface area contributed by atoms with Crippen molar-refractivity contribution in [2.45, 2.75) is 38.5 Å². The Morgan fingerprint density at radius 3 is 2.20 bits per heavy atom. The molecule has 2 rings (SSSR count). The molecule has 0 heterocycles. The number of benzene rings is 1. The molecule has 1 aliphatic carbocycles. The van der Waals surface area contributed by atoms with E-state index in [4.69, 9.17) is 5.26 Å². The minimum Gasteiger partial charge on any atom is -0.192 e. The number of hydrogen-bond donors (Lipinski definition) is 0. The van der Waals surface area contributed by atoms with Crippen molar-refractivity contribution in [2.24, 2.45) is 5.92 Å². The summed E-state index contributed by atoms with van der Waals surface area (Å²) in [7, 11) is 0. The second-order valence-electron chi connectivity index (χ2n) is 4.69. The van der Waals surface area contributed by atoms with E-state index in [1.165, 1.54) is 31.2 Å². The molecule has 1 aromatic carbocycles. The SMILES string of the molecule is C[C@H]1CC[C@@H](c2ccc(C#N)cc2)CC1. The third-order valence-corrected chi connectivity index (χ3v) is 3.53. The number of nitrogens with zero attached hydrogens (tertiary/aromatic N) is 1. The molecule has 1 nitrogen and oxygen atoms in total. The molecule has 1 aliphatic rings. The summed E-state index contributed by atoms with van der Waals surface area (Å²) >= 11 is 0. The monoisotopic (exact) mass is 199 g/mol. The van der Waals surface area contributed by atoms with E-state index < -0.39 is 0 Å². The minimum atomic E-state index is 0.731. The molecule has 0 aliphatic heterocycles. The normalized spacial score (nSPS) is 25.9. The van der Waals surface area contributed by atoms with Gasteiger partial charge < -0.3 is 0 Å². The van der Waals surface area contributed by atoms with Crippen LogP contribution in [0.2, 0.25) is 0 Å². The van der Waals surface area contributed by atoms with Gasteiger partial charge in [-0.05, 0) is 42.4 Å². The molecule has 15 heavy (non-hydrogen) atoms. The standard InChI is InChI=1S/C14H17N/c1-11-2-6-13(7-3-11)14-8-4-12(10-15)5-9-14/h4-5,8-9,11,13H,2-3,6-7H2,1H3/t11-,13+. The van der Waals surface area contributed by atoms with Gasteiger partial charge in [0.25, 0.3) is 0 Å². The van der Waals surface area contributed by atoms with Gasteiger partial charge in [-0.15, -0.1) is 0 Å². The van der Waals surface area contributed by atoms with Gasteiger partial charge in [-0.1, -0.05) is 31.9 Å². The fourth-order valence-corrected chi connectivity index (χ4v) is 2.42. The van der Waals surface area contributed by atoms with Crippen molar-refractivity contribution in [3.8, 4) is 6.07 Å². The first-order valence-corrected chi connectivity index (χ1v) is 5.79. The molecule has 1 saturated carbocycles. The largest absolute Gasteiger partial charge is 0.192 e. The van der Waals surface area contributed by atoms with Crippen molar-refractivity contribution < 1.29 is 0 Å². The van der Waals surface area contributed by atoms with Crippen molar-refractivity contribution in [1.29, 1.82) is 5.26 Å². The van der Waals surface area contributed by atoms with Gasteiger partial charge in [0.05, 0.1) is 11.6 Å². The Kier molecular flexibility index (Phi) is 3.06. The van der Waals surface area contributed by atoms with E-state index in [9.17, 15) is 0 Å². The number of nitriles is 1. The van der Waals surface area contributed by atoms with Crippen LogP contribution in [0.4, 0.5) is 0 Å². The predicted molar refractivity (Wildman–Crippen MR) is 61.5 cm³/mol. The first-order valence-electron chi connectivity index (χ1n) is 5.79. The third-order valence-electron chi connectivity index (χ3n) is 3.53. The van der Waals surface area contributed by atoms with Crippen molar-refractivity contribution in [2.75, 3.05) is 0 Å². The zero-order chi connectivity index (χ0) is 10.7. The summed E-state index contributed by atoms with van der Waals surface area (Å²) in [6.45, 7) is 2.34. The van der Waals surface area contributed by atoms with Crippen LogP contribution in [0.1, 0.15) is 49.7 Å². The van der Waals surface area contributed by atoms with E-state index in [1.807, 2.05) is 12.1 Å². The van der Waals surface area contributed by atoms with Crippen molar-refractivity contribution in [1.82, 2.24) is 0 Å². The van der Waals surface area contributed by atoms with E-state index in [0.29, 0.717) is 0 Å². The smallest absolute Gasteiger partial charge is 0.0991 e. The topological polar surface area (TPSA) is 23.8 Å². The summed E-state index contributed by atoms with van der Waals surface area (Å²) in [6.07, 6.45) is 5.33. The Labute approximate surface area is 91.7 Å². The molecular weight excluding hydrogens is 182 g/mol. The lowest BCUT2D eigenvalue weighted by atomic mass is 9.79. The van der Waals surface area contributed by atoms with Crippen LogP contribution in [0.15, 0.2) is 24.3 Å². The number of hydrogen-bond acceptors (Lipinski definition) is 1. The number of rotatable bonds is 1. The van der Waals surface area contributed by atoms with Gasteiger partial charge in [0.2, 0.25) is 0 Å². The molecule has 0 aromatic heterocycles. The highest BCUT2D eigenvalue weighted by molar-refractivity contribution is 5.33. The predicted octanol–water partition coefficient (Wildman–Crippen LogP) is 3.85. The maximum atomic E-state index is 8.72. The van der Waals surface area contributed by atoms with Crippen LogP contribution in [0.5, 0.6) is 0 Å². The molecule has 0 bridgehead atoms. The van der Waals surface area contributed by atoms with Gasteiger partial charge in [0.15, 0.2) is 0 Å². The Bertz CT molecular complexity index is 350. The van der Waals surface area contributed by atoms with Gasteiger partial charge in [-0.3, -0.25) is 0 Å². The molecule has 0 radical (unpaired) electrons. The quantitative estimate of drug-likeness (QED) is 0.674. The molecule has 1 heteroatoms. The summed E-state index contributed by atoms with van der Waals surface area (Å²) in [5, 5.41) is 8.72. The summed E-state index contributed by atoms with van der Waals surface area (Å²) in [5.74, 6) is 1.63. The first kappa shape index (κ1) is 10.2. The van der Waals surface area contributed by atoms with Gasteiger partial charge >= 0.3 is 0 Å². The molecule has 0 spiro atoms. The van der Waals surface area contributed by atoms with Gasteiger partial charge in [-0.25, -0.2) is 0 Å². The second kappa shape index (κ2) is 4.49. The highest BCUT2D eigenvalue weighted by Gasteiger charge is 2.19. The maximum Gasteiger partial charge on any atom is 0.0991 e. The van der Waals surface area contributed by atoms with Crippen LogP contribution in [-0.2, 0) is 0 Å². The fraction of sp³-hybridized carbons (Fsp3) is 0.500. The van der Waals surface area contributed by atoms with Crippen molar-refractivity contribution >= 4 is 0 Å². The van der Waals surface area contributed by atoms with E-state index in [1.54, 1.807) is 0 Å². The Morgan fingerprint density at radius 2 is 1.67 bits per heavy atom. The van der Waals surface area contributed by atoms with E-state index >= 15 is 0 Å². The third kappa shape index (κ3) is 2.39. The molecule has 1 aromatic rings.